The van der Waals surface area contributed by atoms with Crippen LogP contribution in [0.4, 0.5) is 0 Å². The summed E-state index contributed by atoms with van der Waals surface area (Å²) in [5.74, 6) is 1.20. The van der Waals surface area contributed by atoms with Crippen LogP contribution in [0.1, 0.15) is 25.3 Å². The minimum Gasteiger partial charge on any atom is -0.481 e. The Hall–Kier alpha value is -0.700. The highest BCUT2D eigenvalue weighted by molar-refractivity contribution is 7.98. The van der Waals surface area contributed by atoms with Crippen LogP contribution in [0.3, 0.4) is 0 Å². The summed E-state index contributed by atoms with van der Waals surface area (Å²) in [6, 6.07) is 1.99. The molecule has 0 spiro atoms. The standard InChI is InChI=1S/C10H15NOS/c1-7(2)8-6-11-10(12-3)5-9(8)13-4/h5-7H,1-4H3. The first-order valence-electron chi connectivity index (χ1n) is 4.27. The Morgan fingerprint density at radius 2 is 2.15 bits per heavy atom. The number of hydrogen-bond donors (Lipinski definition) is 0. The van der Waals surface area contributed by atoms with E-state index in [9.17, 15) is 0 Å². The van der Waals surface area contributed by atoms with E-state index in [4.69, 9.17) is 4.74 Å². The Balaban J connectivity index is 3.08. The van der Waals surface area contributed by atoms with Crippen molar-refractivity contribution >= 4 is 11.8 Å². The van der Waals surface area contributed by atoms with Crippen LogP contribution in [0.5, 0.6) is 5.88 Å². The third kappa shape index (κ3) is 2.37. The highest BCUT2D eigenvalue weighted by Crippen LogP contribution is 2.28. The van der Waals surface area contributed by atoms with Crippen LogP contribution < -0.4 is 4.74 Å². The molecule has 0 saturated heterocycles. The monoisotopic (exact) mass is 197 g/mol. The highest BCUT2D eigenvalue weighted by Gasteiger charge is 2.07. The first-order chi connectivity index (χ1) is 6.19. The van der Waals surface area contributed by atoms with E-state index in [1.807, 2.05) is 12.3 Å². The molecule has 0 unspecified atom stereocenters. The van der Waals surface area contributed by atoms with Gasteiger partial charge in [0.05, 0.1) is 7.11 Å². The van der Waals surface area contributed by atoms with Crippen LogP contribution in [0, 0.1) is 0 Å². The molecule has 0 N–H and O–H groups in total. The lowest BCUT2D eigenvalue weighted by molar-refractivity contribution is 0.396. The number of thioether (sulfide) groups is 1. The van der Waals surface area contributed by atoms with Crippen LogP contribution in [-0.2, 0) is 0 Å². The van der Waals surface area contributed by atoms with E-state index >= 15 is 0 Å². The van der Waals surface area contributed by atoms with Gasteiger partial charge in [-0.2, -0.15) is 0 Å². The van der Waals surface area contributed by atoms with E-state index in [0.717, 1.165) is 0 Å². The van der Waals surface area contributed by atoms with Crippen LogP contribution in [-0.4, -0.2) is 18.3 Å². The molecule has 0 bridgehead atoms. The molecule has 0 aliphatic heterocycles. The lowest BCUT2D eigenvalue weighted by Gasteiger charge is -2.10. The SMILES string of the molecule is COc1cc(SC)c(C(C)C)cn1. The van der Waals surface area contributed by atoms with Gasteiger partial charge in [0.1, 0.15) is 0 Å². The molecule has 1 heterocycles. The second kappa shape index (κ2) is 4.51. The number of rotatable bonds is 3. The lowest BCUT2D eigenvalue weighted by atomic mass is 10.1. The lowest BCUT2D eigenvalue weighted by Crippen LogP contribution is -1.95. The molecule has 1 aromatic heterocycles. The van der Waals surface area contributed by atoms with Gasteiger partial charge in [-0.15, -0.1) is 11.8 Å². The van der Waals surface area contributed by atoms with Gasteiger partial charge in [-0.05, 0) is 17.7 Å². The summed E-state index contributed by atoms with van der Waals surface area (Å²) in [5.41, 5.74) is 1.29. The van der Waals surface area contributed by atoms with Crippen molar-refractivity contribution in [2.45, 2.75) is 24.7 Å². The maximum Gasteiger partial charge on any atom is 0.214 e. The summed E-state index contributed by atoms with van der Waals surface area (Å²) in [6.45, 7) is 4.34. The third-order valence-corrected chi connectivity index (χ3v) is 2.71. The summed E-state index contributed by atoms with van der Waals surface area (Å²) >= 11 is 1.73. The van der Waals surface area contributed by atoms with Gasteiger partial charge in [0.25, 0.3) is 0 Å². The van der Waals surface area contributed by atoms with Crippen molar-refractivity contribution in [3.8, 4) is 5.88 Å². The van der Waals surface area contributed by atoms with Crippen LogP contribution >= 0.6 is 11.8 Å². The fraction of sp³-hybridized carbons (Fsp3) is 0.500. The maximum absolute atomic E-state index is 5.07. The van der Waals surface area contributed by atoms with Gasteiger partial charge < -0.3 is 4.74 Å². The van der Waals surface area contributed by atoms with Crippen LogP contribution in [0.25, 0.3) is 0 Å². The Labute approximate surface area is 83.7 Å². The summed E-state index contributed by atoms with van der Waals surface area (Å²) < 4.78 is 5.07. The molecule has 0 aromatic carbocycles. The Morgan fingerprint density at radius 1 is 1.46 bits per heavy atom. The molecular weight excluding hydrogens is 182 g/mol. The van der Waals surface area contributed by atoms with Crippen molar-refractivity contribution in [2.24, 2.45) is 0 Å². The number of pyridine rings is 1. The Kier molecular flexibility index (Phi) is 3.60. The molecule has 2 nitrogen and oxygen atoms in total. The third-order valence-electron chi connectivity index (χ3n) is 1.92. The van der Waals surface area contributed by atoms with E-state index < -0.39 is 0 Å². The van der Waals surface area contributed by atoms with Crippen molar-refractivity contribution in [3.63, 3.8) is 0 Å². The quantitative estimate of drug-likeness (QED) is 0.695. The number of nitrogens with zero attached hydrogens (tertiary/aromatic N) is 1. The van der Waals surface area contributed by atoms with Gasteiger partial charge in [0, 0.05) is 17.2 Å². The zero-order valence-electron chi connectivity index (χ0n) is 8.50. The second-order valence-electron chi connectivity index (χ2n) is 3.12. The number of ether oxygens (including phenoxy) is 1. The van der Waals surface area contributed by atoms with Gasteiger partial charge in [0.15, 0.2) is 0 Å². The fourth-order valence-corrected chi connectivity index (χ4v) is 1.89. The van der Waals surface area contributed by atoms with Crippen LogP contribution in [0.2, 0.25) is 0 Å². The summed E-state index contributed by atoms with van der Waals surface area (Å²) in [6.07, 6.45) is 3.97. The minimum absolute atomic E-state index is 0.515. The molecule has 1 aromatic rings. The van der Waals surface area contributed by atoms with Crippen molar-refractivity contribution in [2.75, 3.05) is 13.4 Å². The molecule has 0 fully saturated rings. The Bertz CT molecular complexity index is 286. The minimum atomic E-state index is 0.515. The Morgan fingerprint density at radius 3 is 2.62 bits per heavy atom. The molecule has 0 amide bonds. The number of hydrogen-bond acceptors (Lipinski definition) is 3. The van der Waals surface area contributed by atoms with Gasteiger partial charge in [-0.25, -0.2) is 4.98 Å². The molecule has 0 atom stereocenters. The van der Waals surface area contributed by atoms with Gasteiger partial charge in [-0.1, -0.05) is 13.8 Å². The van der Waals surface area contributed by atoms with E-state index in [2.05, 4.69) is 25.1 Å². The fourth-order valence-electron chi connectivity index (χ4n) is 1.15. The average molecular weight is 197 g/mol. The number of methoxy groups -OCH3 is 1. The molecule has 0 aliphatic rings. The van der Waals surface area contributed by atoms with E-state index in [1.54, 1.807) is 18.9 Å². The molecule has 0 saturated carbocycles. The molecule has 1 rings (SSSR count). The van der Waals surface area contributed by atoms with Crippen molar-refractivity contribution in [1.82, 2.24) is 4.98 Å². The van der Waals surface area contributed by atoms with Gasteiger partial charge in [-0.3, -0.25) is 0 Å². The zero-order chi connectivity index (χ0) is 9.84. The molecule has 0 aliphatic carbocycles. The molecule has 13 heavy (non-hydrogen) atoms. The van der Waals surface area contributed by atoms with E-state index in [-0.39, 0.29) is 0 Å². The first kappa shape index (κ1) is 10.4. The predicted octanol–water partition coefficient (Wildman–Crippen LogP) is 2.94. The second-order valence-corrected chi connectivity index (χ2v) is 3.97. The van der Waals surface area contributed by atoms with Crippen molar-refractivity contribution < 1.29 is 4.74 Å². The summed E-state index contributed by atoms with van der Waals surface area (Å²) in [7, 11) is 1.64. The van der Waals surface area contributed by atoms with Gasteiger partial charge >= 0.3 is 0 Å². The largest absolute Gasteiger partial charge is 0.481 e. The summed E-state index contributed by atoms with van der Waals surface area (Å²) in [5, 5.41) is 0. The van der Waals surface area contributed by atoms with Crippen molar-refractivity contribution in [1.29, 1.82) is 0 Å². The smallest absolute Gasteiger partial charge is 0.214 e. The summed E-state index contributed by atoms with van der Waals surface area (Å²) in [4.78, 5) is 5.44. The number of aromatic nitrogens is 1. The van der Waals surface area contributed by atoms with Crippen LogP contribution in [0.15, 0.2) is 17.2 Å². The molecule has 3 heteroatoms. The molecule has 72 valence electrons. The average Bonchev–Trinajstić information content (AvgIpc) is 2.16. The normalized spacial score (nSPS) is 10.5. The molecular formula is C10H15NOS. The van der Waals surface area contributed by atoms with E-state index in [0.29, 0.717) is 11.8 Å². The topological polar surface area (TPSA) is 22.1 Å². The zero-order valence-corrected chi connectivity index (χ0v) is 9.31. The van der Waals surface area contributed by atoms with Gasteiger partial charge in [0.2, 0.25) is 5.88 Å². The first-order valence-corrected chi connectivity index (χ1v) is 5.49. The van der Waals surface area contributed by atoms with Crippen molar-refractivity contribution in [3.05, 3.63) is 17.8 Å². The molecule has 0 radical (unpaired) electrons. The maximum atomic E-state index is 5.07. The highest BCUT2D eigenvalue weighted by atomic mass is 32.2. The van der Waals surface area contributed by atoms with E-state index in [1.165, 1.54) is 10.5 Å². The predicted molar refractivity (Wildman–Crippen MR) is 56.7 cm³/mol.